The van der Waals surface area contributed by atoms with E-state index < -0.39 is 5.54 Å². The maximum Gasteiger partial charge on any atom is 0.252 e. The smallest absolute Gasteiger partial charge is 0.252 e. The van der Waals surface area contributed by atoms with E-state index in [1.165, 1.54) is 6.39 Å². The maximum absolute atomic E-state index is 13.2. The molecule has 1 aliphatic heterocycles. The van der Waals surface area contributed by atoms with E-state index in [4.69, 9.17) is 4.42 Å². The van der Waals surface area contributed by atoms with Crippen molar-refractivity contribution < 1.29 is 9.21 Å². The van der Waals surface area contributed by atoms with Crippen LogP contribution >= 0.6 is 0 Å². The van der Waals surface area contributed by atoms with Gasteiger partial charge in [0.25, 0.3) is 5.91 Å². The minimum absolute atomic E-state index is 0.0487. The van der Waals surface area contributed by atoms with E-state index in [9.17, 15) is 4.79 Å². The molecule has 0 aliphatic carbocycles. The van der Waals surface area contributed by atoms with Crippen LogP contribution in [0, 0.1) is 0 Å². The van der Waals surface area contributed by atoms with Gasteiger partial charge in [-0.15, -0.1) is 0 Å². The molecular formula is C18H19N5O2. The summed E-state index contributed by atoms with van der Waals surface area (Å²) in [6.07, 6.45) is 8.00. The molecule has 2 aromatic heterocycles. The van der Waals surface area contributed by atoms with Crippen molar-refractivity contribution >= 4 is 11.6 Å². The zero-order chi connectivity index (χ0) is 17.1. The zero-order valence-corrected chi connectivity index (χ0v) is 13.7. The van der Waals surface area contributed by atoms with Crippen molar-refractivity contribution in [3.8, 4) is 11.3 Å². The summed E-state index contributed by atoms with van der Waals surface area (Å²) < 4.78 is 7.11. The predicted octanol–water partition coefficient (Wildman–Crippen LogP) is 2.26. The van der Waals surface area contributed by atoms with E-state index in [0.29, 0.717) is 18.6 Å². The van der Waals surface area contributed by atoms with E-state index in [2.05, 4.69) is 20.7 Å². The molecule has 1 aromatic carbocycles. The molecule has 0 bridgehead atoms. The monoisotopic (exact) mass is 337 g/mol. The largest absolute Gasteiger partial charge is 0.444 e. The first-order valence-corrected chi connectivity index (χ1v) is 8.29. The molecule has 128 valence electrons. The van der Waals surface area contributed by atoms with Gasteiger partial charge < -0.3 is 15.1 Å². The fourth-order valence-electron chi connectivity index (χ4n) is 3.28. The fourth-order valence-corrected chi connectivity index (χ4v) is 3.28. The Balaban J connectivity index is 1.61. The van der Waals surface area contributed by atoms with Gasteiger partial charge in [-0.2, -0.15) is 5.10 Å². The molecule has 0 atom stereocenters. The Labute approximate surface area is 145 Å². The number of amides is 1. The Morgan fingerprint density at radius 1 is 1.28 bits per heavy atom. The Morgan fingerprint density at radius 3 is 2.88 bits per heavy atom. The number of carbonyl (C=O) groups excluding carboxylic acids is 1. The molecule has 3 heterocycles. The number of carbonyl (C=O) groups is 1. The van der Waals surface area contributed by atoms with Crippen LogP contribution in [0.15, 0.2) is 59.7 Å². The molecular weight excluding hydrogens is 318 g/mol. The number of hydrogen-bond donors (Lipinski definition) is 2. The molecule has 0 unspecified atom stereocenters. The van der Waals surface area contributed by atoms with Gasteiger partial charge in [0.1, 0.15) is 5.54 Å². The highest BCUT2D eigenvalue weighted by atomic mass is 16.3. The molecule has 0 spiro atoms. The zero-order valence-electron chi connectivity index (χ0n) is 13.7. The summed E-state index contributed by atoms with van der Waals surface area (Å²) in [5.41, 5.74) is 0.925. The van der Waals surface area contributed by atoms with Gasteiger partial charge >= 0.3 is 0 Å². The van der Waals surface area contributed by atoms with Crippen molar-refractivity contribution in [2.45, 2.75) is 18.4 Å². The predicted molar refractivity (Wildman–Crippen MR) is 92.9 cm³/mol. The minimum atomic E-state index is -0.670. The number of nitrogens with zero attached hydrogens (tertiary/aromatic N) is 3. The van der Waals surface area contributed by atoms with Gasteiger partial charge in [-0.3, -0.25) is 9.48 Å². The minimum Gasteiger partial charge on any atom is -0.444 e. The lowest BCUT2D eigenvalue weighted by Crippen LogP contribution is -2.52. The van der Waals surface area contributed by atoms with E-state index in [0.717, 1.165) is 24.3 Å². The van der Waals surface area contributed by atoms with Crippen molar-refractivity contribution in [3.05, 3.63) is 55.3 Å². The Morgan fingerprint density at radius 2 is 2.16 bits per heavy atom. The Bertz CT molecular complexity index is 836. The second-order valence-corrected chi connectivity index (χ2v) is 6.13. The molecule has 7 heteroatoms. The second kappa shape index (κ2) is 6.52. The lowest BCUT2D eigenvalue weighted by molar-refractivity contribution is -0.126. The number of anilines is 1. The molecule has 1 fully saturated rings. The van der Waals surface area contributed by atoms with Gasteiger partial charge in [-0.05, 0) is 44.1 Å². The summed E-state index contributed by atoms with van der Waals surface area (Å²) in [7, 11) is 0. The number of hydrogen-bond acceptors (Lipinski definition) is 5. The second-order valence-electron chi connectivity index (χ2n) is 6.13. The average molecular weight is 337 g/mol. The third-order valence-electron chi connectivity index (χ3n) is 4.63. The van der Waals surface area contributed by atoms with E-state index >= 15 is 0 Å². The molecule has 0 saturated carbocycles. The van der Waals surface area contributed by atoms with Crippen LogP contribution in [-0.2, 0) is 10.3 Å². The molecule has 4 rings (SSSR count). The summed E-state index contributed by atoms with van der Waals surface area (Å²) >= 11 is 0. The summed E-state index contributed by atoms with van der Waals surface area (Å²) in [4.78, 5) is 17.1. The number of nitrogens with one attached hydrogen (secondary N) is 2. The van der Waals surface area contributed by atoms with Crippen LogP contribution in [0.1, 0.15) is 12.8 Å². The third-order valence-corrected chi connectivity index (χ3v) is 4.63. The van der Waals surface area contributed by atoms with E-state index in [1.54, 1.807) is 17.1 Å². The number of benzene rings is 1. The number of aromatic nitrogens is 3. The lowest BCUT2D eigenvalue weighted by Gasteiger charge is -2.36. The summed E-state index contributed by atoms with van der Waals surface area (Å²) in [6, 6.07) is 9.41. The van der Waals surface area contributed by atoms with Gasteiger partial charge in [-0.25, -0.2) is 4.98 Å². The van der Waals surface area contributed by atoms with Crippen LogP contribution < -0.4 is 10.6 Å². The highest BCUT2D eigenvalue weighted by molar-refractivity contribution is 5.97. The van der Waals surface area contributed by atoms with Gasteiger partial charge in [0.05, 0.1) is 6.20 Å². The number of rotatable bonds is 4. The molecule has 1 saturated heterocycles. The van der Waals surface area contributed by atoms with Gasteiger partial charge in [-0.1, -0.05) is 12.1 Å². The summed E-state index contributed by atoms with van der Waals surface area (Å²) in [5, 5.41) is 10.7. The quantitative estimate of drug-likeness (QED) is 0.763. The molecule has 25 heavy (non-hydrogen) atoms. The lowest BCUT2D eigenvalue weighted by atomic mass is 9.87. The highest BCUT2D eigenvalue weighted by Crippen LogP contribution is 2.29. The van der Waals surface area contributed by atoms with Gasteiger partial charge in [0.2, 0.25) is 0 Å². The Kier molecular flexibility index (Phi) is 4.07. The van der Waals surface area contributed by atoms with Gasteiger partial charge in [0, 0.05) is 23.6 Å². The molecule has 1 aliphatic rings. The maximum atomic E-state index is 13.2. The first kappa shape index (κ1) is 15.6. The van der Waals surface area contributed by atoms with Crippen LogP contribution in [0.3, 0.4) is 0 Å². The average Bonchev–Trinajstić information content (AvgIpc) is 3.36. The van der Waals surface area contributed by atoms with Crippen LogP contribution in [0.2, 0.25) is 0 Å². The Hall–Kier alpha value is -2.93. The molecule has 2 N–H and O–H groups in total. The van der Waals surface area contributed by atoms with Gasteiger partial charge in [0.15, 0.2) is 12.2 Å². The number of oxazole rings is 1. The van der Waals surface area contributed by atoms with E-state index in [1.807, 2.05) is 36.5 Å². The standard InChI is InChI=1S/C18H19N5O2/c24-17(18(5-8-19-9-6-18)23-10-2-7-21-23)22-15-4-1-3-14(11-15)16-12-20-13-25-16/h1-4,7,10-13,19H,5-6,8-9H2,(H,22,24). The van der Waals surface area contributed by atoms with Crippen LogP contribution in [0.25, 0.3) is 11.3 Å². The normalized spacial score (nSPS) is 16.5. The van der Waals surface area contributed by atoms with Crippen LogP contribution in [0.4, 0.5) is 5.69 Å². The third kappa shape index (κ3) is 2.94. The molecule has 1 amide bonds. The molecule has 3 aromatic rings. The highest BCUT2D eigenvalue weighted by Gasteiger charge is 2.42. The van der Waals surface area contributed by atoms with Crippen molar-refractivity contribution in [2.75, 3.05) is 18.4 Å². The van der Waals surface area contributed by atoms with Crippen LogP contribution in [-0.4, -0.2) is 33.8 Å². The topological polar surface area (TPSA) is 85.0 Å². The van der Waals surface area contributed by atoms with Crippen molar-refractivity contribution in [3.63, 3.8) is 0 Å². The van der Waals surface area contributed by atoms with Crippen LogP contribution in [0.5, 0.6) is 0 Å². The molecule has 0 radical (unpaired) electrons. The van der Waals surface area contributed by atoms with Crippen molar-refractivity contribution in [2.24, 2.45) is 0 Å². The summed E-state index contributed by atoms with van der Waals surface area (Å²) in [5.74, 6) is 0.618. The van der Waals surface area contributed by atoms with Crippen molar-refractivity contribution in [1.29, 1.82) is 0 Å². The summed E-state index contributed by atoms with van der Waals surface area (Å²) in [6.45, 7) is 1.57. The van der Waals surface area contributed by atoms with Crippen molar-refractivity contribution in [1.82, 2.24) is 20.1 Å². The number of piperidine rings is 1. The first-order valence-electron chi connectivity index (χ1n) is 8.29. The SMILES string of the molecule is O=C(Nc1cccc(-c2cnco2)c1)C1(n2cccn2)CCNCC1. The van der Waals surface area contributed by atoms with E-state index in [-0.39, 0.29) is 5.91 Å². The molecule has 7 nitrogen and oxygen atoms in total. The fraction of sp³-hybridized carbons (Fsp3) is 0.278. The first-order chi connectivity index (χ1) is 12.3.